The number of nitrogen functional groups attached to an aromatic ring is 1. The predicted octanol–water partition coefficient (Wildman–Crippen LogP) is 4.23. The van der Waals surface area contributed by atoms with Gasteiger partial charge in [0.05, 0.1) is 11.6 Å². The quantitative estimate of drug-likeness (QED) is 0.509. The van der Waals surface area contributed by atoms with Crippen molar-refractivity contribution in [2.24, 2.45) is 0 Å². The summed E-state index contributed by atoms with van der Waals surface area (Å²) >= 11 is 7.45. The Morgan fingerprint density at radius 2 is 2.00 bits per heavy atom. The van der Waals surface area contributed by atoms with Gasteiger partial charge in [-0.25, -0.2) is 4.39 Å². The molecule has 0 aromatic heterocycles. The number of nitrogens with two attached hydrogens (primary N) is 1. The van der Waals surface area contributed by atoms with E-state index in [1.807, 2.05) is 18.2 Å². The highest BCUT2D eigenvalue weighted by Gasteiger charge is 2.02. The van der Waals surface area contributed by atoms with Crippen LogP contribution in [0, 0.1) is 5.82 Å². The van der Waals surface area contributed by atoms with E-state index < -0.39 is 0 Å². The van der Waals surface area contributed by atoms with Gasteiger partial charge in [0.15, 0.2) is 0 Å². The fourth-order valence-corrected chi connectivity index (χ4v) is 2.55. The lowest BCUT2D eigenvalue weighted by Gasteiger charge is -2.07. The molecule has 0 unspecified atom stereocenters. The van der Waals surface area contributed by atoms with Crippen LogP contribution in [0.4, 0.5) is 10.1 Å². The molecule has 2 nitrogen and oxygen atoms in total. The summed E-state index contributed by atoms with van der Waals surface area (Å²) < 4.78 is 18.7. The Morgan fingerprint density at radius 1 is 1.21 bits per heavy atom. The number of para-hydroxylation sites is 1. The van der Waals surface area contributed by atoms with Gasteiger partial charge in [-0.2, -0.15) is 0 Å². The Labute approximate surface area is 120 Å². The number of hydrogen-bond acceptors (Lipinski definition) is 3. The van der Waals surface area contributed by atoms with Crippen molar-refractivity contribution in [2.75, 3.05) is 18.1 Å². The van der Waals surface area contributed by atoms with Crippen LogP contribution in [0.3, 0.4) is 0 Å². The molecule has 0 amide bonds. The number of benzene rings is 2. The van der Waals surface area contributed by atoms with Gasteiger partial charge in [-0.05, 0) is 30.3 Å². The lowest BCUT2D eigenvalue weighted by molar-refractivity contribution is 0.344. The van der Waals surface area contributed by atoms with E-state index in [2.05, 4.69) is 0 Å². The van der Waals surface area contributed by atoms with Crippen LogP contribution in [0.5, 0.6) is 5.75 Å². The summed E-state index contributed by atoms with van der Waals surface area (Å²) in [7, 11) is 0. The van der Waals surface area contributed by atoms with Crippen molar-refractivity contribution in [1.82, 2.24) is 0 Å². The van der Waals surface area contributed by atoms with Crippen LogP contribution in [-0.4, -0.2) is 12.4 Å². The molecule has 2 aromatic carbocycles. The first-order chi connectivity index (χ1) is 9.15. The number of ether oxygens (including phenoxy) is 1. The summed E-state index contributed by atoms with van der Waals surface area (Å²) in [6, 6.07) is 11.8. The number of thioether (sulfide) groups is 1. The Morgan fingerprint density at radius 3 is 2.74 bits per heavy atom. The molecule has 0 atom stereocenters. The molecular formula is C14H13ClFNOS. The molecule has 0 bridgehead atoms. The number of anilines is 1. The maximum absolute atomic E-state index is 13.1. The van der Waals surface area contributed by atoms with Gasteiger partial charge in [0.1, 0.15) is 11.6 Å². The summed E-state index contributed by atoms with van der Waals surface area (Å²) in [5, 5.41) is 0.586. The highest BCUT2D eigenvalue weighted by atomic mass is 35.5. The van der Waals surface area contributed by atoms with Gasteiger partial charge < -0.3 is 10.5 Å². The van der Waals surface area contributed by atoms with Gasteiger partial charge in [-0.3, -0.25) is 0 Å². The Hall–Kier alpha value is -1.39. The lowest BCUT2D eigenvalue weighted by atomic mass is 10.3. The maximum atomic E-state index is 13.1. The van der Waals surface area contributed by atoms with Crippen LogP contribution in [0.1, 0.15) is 0 Å². The SMILES string of the molecule is Nc1cc(F)cc(SCCOc2ccccc2Cl)c1. The largest absolute Gasteiger partial charge is 0.491 e. The molecule has 0 radical (unpaired) electrons. The van der Waals surface area contributed by atoms with Crippen LogP contribution >= 0.6 is 23.4 Å². The molecule has 100 valence electrons. The molecule has 0 heterocycles. The van der Waals surface area contributed by atoms with Crippen LogP contribution < -0.4 is 10.5 Å². The van der Waals surface area contributed by atoms with E-state index in [0.717, 1.165) is 4.90 Å². The van der Waals surface area contributed by atoms with Gasteiger partial charge in [-0.15, -0.1) is 11.8 Å². The number of hydrogen-bond donors (Lipinski definition) is 1. The number of halogens is 2. The molecular weight excluding hydrogens is 285 g/mol. The molecule has 2 N–H and O–H groups in total. The molecule has 0 spiro atoms. The lowest BCUT2D eigenvalue weighted by Crippen LogP contribution is -2.00. The third kappa shape index (κ3) is 4.33. The standard InChI is InChI=1S/C14H13ClFNOS/c15-13-3-1-2-4-14(13)18-5-6-19-12-8-10(16)7-11(17)9-12/h1-4,7-9H,5-6,17H2. The van der Waals surface area contributed by atoms with Crippen molar-refractivity contribution in [2.45, 2.75) is 4.90 Å². The van der Waals surface area contributed by atoms with E-state index in [9.17, 15) is 4.39 Å². The van der Waals surface area contributed by atoms with E-state index in [1.54, 1.807) is 12.1 Å². The molecule has 0 aliphatic carbocycles. The molecule has 0 aliphatic rings. The van der Waals surface area contributed by atoms with Gasteiger partial charge in [0.2, 0.25) is 0 Å². The average Bonchev–Trinajstić information content (AvgIpc) is 2.35. The van der Waals surface area contributed by atoms with Crippen molar-refractivity contribution in [3.05, 3.63) is 53.3 Å². The van der Waals surface area contributed by atoms with E-state index in [4.69, 9.17) is 22.1 Å². The summed E-state index contributed by atoms with van der Waals surface area (Å²) in [5.74, 6) is 1.02. The van der Waals surface area contributed by atoms with Crippen LogP contribution in [-0.2, 0) is 0 Å². The van der Waals surface area contributed by atoms with E-state index in [-0.39, 0.29) is 5.82 Å². The van der Waals surface area contributed by atoms with Crippen molar-refractivity contribution < 1.29 is 9.13 Å². The number of rotatable bonds is 5. The predicted molar refractivity (Wildman–Crippen MR) is 78.5 cm³/mol. The zero-order chi connectivity index (χ0) is 13.7. The van der Waals surface area contributed by atoms with Crippen LogP contribution in [0.25, 0.3) is 0 Å². The van der Waals surface area contributed by atoms with Crippen molar-refractivity contribution in [1.29, 1.82) is 0 Å². The topological polar surface area (TPSA) is 35.2 Å². The third-order valence-electron chi connectivity index (χ3n) is 2.34. The second-order valence-electron chi connectivity index (χ2n) is 3.85. The van der Waals surface area contributed by atoms with Crippen LogP contribution in [0.2, 0.25) is 5.02 Å². The minimum atomic E-state index is -0.325. The first-order valence-electron chi connectivity index (χ1n) is 5.71. The smallest absolute Gasteiger partial charge is 0.137 e. The summed E-state index contributed by atoms with van der Waals surface area (Å²) in [6.07, 6.45) is 0. The second-order valence-corrected chi connectivity index (χ2v) is 5.42. The molecule has 0 saturated heterocycles. The van der Waals surface area contributed by atoms with Crippen LogP contribution in [0.15, 0.2) is 47.4 Å². The van der Waals surface area contributed by atoms with Crippen molar-refractivity contribution >= 4 is 29.1 Å². The van der Waals surface area contributed by atoms with Gasteiger partial charge in [0.25, 0.3) is 0 Å². The fraction of sp³-hybridized carbons (Fsp3) is 0.143. The van der Waals surface area contributed by atoms with Gasteiger partial charge >= 0.3 is 0 Å². The average molecular weight is 298 g/mol. The molecule has 2 rings (SSSR count). The maximum Gasteiger partial charge on any atom is 0.137 e. The summed E-state index contributed by atoms with van der Waals surface area (Å²) in [4.78, 5) is 0.792. The Kier molecular flexibility index (Phi) is 4.93. The Bertz CT molecular complexity index is 545. The fourth-order valence-electron chi connectivity index (χ4n) is 1.54. The van der Waals surface area contributed by atoms with Crippen molar-refractivity contribution in [3.63, 3.8) is 0 Å². The highest BCUT2D eigenvalue weighted by Crippen LogP contribution is 2.25. The zero-order valence-electron chi connectivity index (χ0n) is 10.1. The first kappa shape index (κ1) is 14.0. The normalized spacial score (nSPS) is 10.4. The van der Waals surface area contributed by atoms with Crippen molar-refractivity contribution in [3.8, 4) is 5.75 Å². The molecule has 0 fully saturated rings. The molecule has 19 heavy (non-hydrogen) atoms. The zero-order valence-corrected chi connectivity index (χ0v) is 11.7. The van der Waals surface area contributed by atoms with E-state index in [0.29, 0.717) is 28.8 Å². The Balaban J connectivity index is 1.82. The van der Waals surface area contributed by atoms with E-state index >= 15 is 0 Å². The molecule has 0 saturated carbocycles. The summed E-state index contributed by atoms with van der Waals surface area (Å²) in [6.45, 7) is 0.491. The molecule has 2 aromatic rings. The third-order valence-corrected chi connectivity index (χ3v) is 3.59. The van der Waals surface area contributed by atoms with Gasteiger partial charge in [-0.1, -0.05) is 23.7 Å². The summed E-state index contributed by atoms with van der Waals surface area (Å²) in [5.41, 5.74) is 6.00. The second kappa shape index (κ2) is 6.68. The highest BCUT2D eigenvalue weighted by molar-refractivity contribution is 7.99. The van der Waals surface area contributed by atoms with Gasteiger partial charge in [0, 0.05) is 16.3 Å². The molecule has 0 aliphatic heterocycles. The minimum Gasteiger partial charge on any atom is -0.491 e. The van der Waals surface area contributed by atoms with E-state index in [1.165, 1.54) is 23.9 Å². The monoisotopic (exact) mass is 297 g/mol. The molecule has 5 heteroatoms. The first-order valence-corrected chi connectivity index (χ1v) is 7.08. The minimum absolute atomic E-state index is 0.325.